The molecule has 0 saturated heterocycles. The highest BCUT2D eigenvalue weighted by atomic mass is 19.1. The van der Waals surface area contributed by atoms with Gasteiger partial charge < -0.3 is 10.1 Å². The van der Waals surface area contributed by atoms with Crippen LogP contribution < -0.4 is 10.1 Å². The number of ether oxygens (including phenoxy) is 1. The van der Waals surface area contributed by atoms with Gasteiger partial charge in [0.1, 0.15) is 0 Å². The van der Waals surface area contributed by atoms with Gasteiger partial charge in [0.25, 0.3) is 0 Å². The number of nitrogens with one attached hydrogen (secondary N) is 1. The number of aryl methyl sites for hydroxylation is 1. The Balaban J connectivity index is 2.17. The summed E-state index contributed by atoms with van der Waals surface area (Å²) in [4.78, 5) is 8.48. The minimum atomic E-state index is -0.393. The second-order valence-electron chi connectivity index (χ2n) is 4.24. The minimum Gasteiger partial charge on any atom is -0.494 e. The maximum absolute atomic E-state index is 13.6. The number of nitrogens with zero attached hydrogens (tertiary/aromatic N) is 2. The molecule has 0 amide bonds. The molecule has 0 radical (unpaired) electrons. The summed E-state index contributed by atoms with van der Waals surface area (Å²) in [5.74, 6) is -0.163. The largest absolute Gasteiger partial charge is 0.494 e. The van der Waals surface area contributed by atoms with E-state index in [4.69, 9.17) is 4.74 Å². The molecule has 1 unspecified atom stereocenters. The molecule has 0 aliphatic heterocycles. The van der Waals surface area contributed by atoms with E-state index >= 15 is 0 Å². The predicted octanol–water partition coefficient (Wildman–Crippen LogP) is 3.11. The van der Waals surface area contributed by atoms with Crippen LogP contribution in [0.25, 0.3) is 0 Å². The molecule has 0 aliphatic carbocycles. The first kappa shape index (κ1) is 13.3. The van der Waals surface area contributed by atoms with Crippen molar-refractivity contribution in [2.24, 2.45) is 0 Å². The summed E-state index contributed by atoms with van der Waals surface area (Å²) in [6.07, 6.45) is 3.30. The first-order chi connectivity index (χ1) is 9.11. The van der Waals surface area contributed by atoms with Crippen LogP contribution >= 0.6 is 0 Å². The van der Waals surface area contributed by atoms with Gasteiger partial charge in [-0.3, -0.25) is 9.97 Å². The monoisotopic (exact) mass is 261 g/mol. The zero-order chi connectivity index (χ0) is 13.8. The number of hydrogen-bond donors (Lipinski definition) is 1. The molecule has 0 bridgehead atoms. The molecule has 5 heteroatoms. The van der Waals surface area contributed by atoms with E-state index in [1.165, 1.54) is 13.2 Å². The molecular formula is C14H16FN3O. The quantitative estimate of drug-likeness (QED) is 0.918. The molecule has 19 heavy (non-hydrogen) atoms. The Labute approximate surface area is 111 Å². The molecule has 1 N–H and O–H groups in total. The third-order valence-electron chi connectivity index (χ3n) is 2.86. The maximum atomic E-state index is 13.6. The van der Waals surface area contributed by atoms with Crippen molar-refractivity contribution in [3.63, 3.8) is 0 Å². The maximum Gasteiger partial charge on any atom is 0.167 e. The number of halogens is 1. The Morgan fingerprint density at radius 1 is 1.26 bits per heavy atom. The average Bonchev–Trinajstić information content (AvgIpc) is 2.39. The Morgan fingerprint density at radius 3 is 2.63 bits per heavy atom. The van der Waals surface area contributed by atoms with Gasteiger partial charge in [-0.05, 0) is 26.0 Å². The molecule has 100 valence electrons. The highest BCUT2D eigenvalue weighted by Crippen LogP contribution is 2.24. The van der Waals surface area contributed by atoms with Crippen molar-refractivity contribution in [3.8, 4) is 5.75 Å². The lowest BCUT2D eigenvalue weighted by atomic mass is 10.1. The summed E-state index contributed by atoms with van der Waals surface area (Å²) in [5.41, 5.74) is 2.38. The molecule has 0 saturated carbocycles. The van der Waals surface area contributed by atoms with E-state index in [0.29, 0.717) is 5.69 Å². The van der Waals surface area contributed by atoms with E-state index in [2.05, 4.69) is 15.3 Å². The fourth-order valence-corrected chi connectivity index (χ4v) is 1.92. The number of methoxy groups -OCH3 is 1. The van der Waals surface area contributed by atoms with Crippen LogP contribution in [0.3, 0.4) is 0 Å². The van der Waals surface area contributed by atoms with Gasteiger partial charge >= 0.3 is 0 Å². The van der Waals surface area contributed by atoms with Gasteiger partial charge in [-0.2, -0.15) is 0 Å². The lowest BCUT2D eigenvalue weighted by Gasteiger charge is -2.16. The van der Waals surface area contributed by atoms with Crippen molar-refractivity contribution in [1.29, 1.82) is 0 Å². The van der Waals surface area contributed by atoms with E-state index in [1.807, 2.05) is 13.8 Å². The summed E-state index contributed by atoms with van der Waals surface area (Å²) in [5, 5.41) is 3.19. The Morgan fingerprint density at radius 2 is 2.00 bits per heavy atom. The predicted molar refractivity (Wildman–Crippen MR) is 71.8 cm³/mol. The van der Waals surface area contributed by atoms with Gasteiger partial charge in [-0.1, -0.05) is 0 Å². The molecule has 2 rings (SSSR count). The van der Waals surface area contributed by atoms with E-state index in [-0.39, 0.29) is 11.8 Å². The van der Waals surface area contributed by atoms with Crippen molar-refractivity contribution in [2.75, 3.05) is 12.4 Å². The van der Waals surface area contributed by atoms with Crippen LogP contribution in [-0.2, 0) is 0 Å². The van der Waals surface area contributed by atoms with Crippen LogP contribution in [0.15, 0.2) is 30.6 Å². The highest BCUT2D eigenvalue weighted by molar-refractivity contribution is 5.48. The van der Waals surface area contributed by atoms with Crippen LogP contribution in [0, 0.1) is 12.7 Å². The summed E-state index contributed by atoms with van der Waals surface area (Å²) in [6.45, 7) is 3.86. The first-order valence-electron chi connectivity index (χ1n) is 5.99. The summed E-state index contributed by atoms with van der Waals surface area (Å²) in [6, 6.07) is 4.71. The van der Waals surface area contributed by atoms with Crippen LogP contribution in [0.1, 0.15) is 24.4 Å². The summed E-state index contributed by atoms with van der Waals surface area (Å²) in [7, 11) is 1.44. The van der Waals surface area contributed by atoms with Crippen molar-refractivity contribution < 1.29 is 9.13 Å². The van der Waals surface area contributed by atoms with Crippen LogP contribution in [0.5, 0.6) is 5.75 Å². The summed E-state index contributed by atoms with van der Waals surface area (Å²) < 4.78 is 18.5. The van der Waals surface area contributed by atoms with Gasteiger partial charge in [0.15, 0.2) is 11.6 Å². The SMILES string of the molecule is COc1ccc(NC(C)c2nccnc2C)cc1F. The van der Waals surface area contributed by atoms with Crippen molar-refractivity contribution in [2.45, 2.75) is 19.9 Å². The molecule has 1 aromatic heterocycles. The van der Waals surface area contributed by atoms with Crippen LogP contribution in [0.4, 0.5) is 10.1 Å². The van der Waals surface area contributed by atoms with Crippen molar-refractivity contribution in [3.05, 3.63) is 47.8 Å². The van der Waals surface area contributed by atoms with Gasteiger partial charge in [0, 0.05) is 24.1 Å². The topological polar surface area (TPSA) is 47.0 Å². The molecule has 4 nitrogen and oxygen atoms in total. The molecule has 0 spiro atoms. The van der Waals surface area contributed by atoms with Crippen LogP contribution in [0.2, 0.25) is 0 Å². The van der Waals surface area contributed by atoms with Gasteiger partial charge in [0.2, 0.25) is 0 Å². The molecular weight excluding hydrogens is 245 g/mol. The number of aromatic nitrogens is 2. The van der Waals surface area contributed by atoms with E-state index in [9.17, 15) is 4.39 Å². The zero-order valence-electron chi connectivity index (χ0n) is 11.1. The third-order valence-corrected chi connectivity index (χ3v) is 2.86. The van der Waals surface area contributed by atoms with E-state index in [0.717, 1.165) is 11.4 Å². The standard InChI is InChI=1S/C14H16FN3O/c1-9-14(17-7-6-16-9)10(2)18-11-4-5-13(19-3)12(15)8-11/h4-8,10,18H,1-3H3. The lowest BCUT2D eigenvalue weighted by molar-refractivity contribution is 0.386. The highest BCUT2D eigenvalue weighted by Gasteiger charge is 2.11. The Kier molecular flexibility index (Phi) is 3.94. The minimum absolute atomic E-state index is 0.0542. The van der Waals surface area contributed by atoms with Crippen molar-refractivity contribution in [1.82, 2.24) is 9.97 Å². The number of anilines is 1. The van der Waals surface area contributed by atoms with Crippen LogP contribution in [-0.4, -0.2) is 17.1 Å². The van der Waals surface area contributed by atoms with Gasteiger partial charge in [-0.25, -0.2) is 4.39 Å². The number of benzene rings is 1. The van der Waals surface area contributed by atoms with Gasteiger partial charge in [-0.15, -0.1) is 0 Å². The van der Waals surface area contributed by atoms with E-state index < -0.39 is 5.82 Å². The molecule has 1 heterocycles. The fourth-order valence-electron chi connectivity index (χ4n) is 1.92. The first-order valence-corrected chi connectivity index (χ1v) is 5.99. The smallest absolute Gasteiger partial charge is 0.167 e. The molecule has 2 aromatic rings. The fraction of sp³-hybridized carbons (Fsp3) is 0.286. The Hall–Kier alpha value is -2.17. The molecule has 0 fully saturated rings. The lowest BCUT2D eigenvalue weighted by Crippen LogP contribution is -2.11. The molecule has 1 atom stereocenters. The summed E-state index contributed by atoms with van der Waals surface area (Å²) >= 11 is 0. The second kappa shape index (κ2) is 5.65. The van der Waals surface area contributed by atoms with Crippen molar-refractivity contribution >= 4 is 5.69 Å². The second-order valence-corrected chi connectivity index (χ2v) is 4.24. The normalized spacial score (nSPS) is 12.0. The number of hydrogen-bond acceptors (Lipinski definition) is 4. The van der Waals surface area contributed by atoms with E-state index in [1.54, 1.807) is 24.5 Å². The Bertz CT molecular complexity index is 574. The average molecular weight is 261 g/mol. The molecule has 1 aromatic carbocycles. The number of rotatable bonds is 4. The zero-order valence-corrected chi connectivity index (χ0v) is 11.1. The van der Waals surface area contributed by atoms with Gasteiger partial charge in [0.05, 0.1) is 24.5 Å². The molecule has 0 aliphatic rings. The third kappa shape index (κ3) is 2.99.